The molecule has 0 radical (unpaired) electrons. The van der Waals surface area contributed by atoms with Crippen LogP contribution >= 0.6 is 0 Å². The first-order valence-electron chi connectivity index (χ1n) is 5.57. The number of nitrogens with two attached hydrogens (primary N) is 1. The Labute approximate surface area is 90.9 Å². The highest BCUT2D eigenvalue weighted by molar-refractivity contribution is 5.08. The number of rotatable bonds is 2. The van der Waals surface area contributed by atoms with Crippen molar-refractivity contribution in [1.29, 1.82) is 0 Å². The quantitative estimate of drug-likeness (QED) is 0.764. The van der Waals surface area contributed by atoms with Crippen molar-refractivity contribution < 1.29 is 0 Å². The first-order valence-corrected chi connectivity index (χ1v) is 5.57. The number of hydrogen-bond acceptors (Lipinski definition) is 3. The summed E-state index contributed by atoms with van der Waals surface area (Å²) in [5.41, 5.74) is 6.18. The minimum atomic E-state index is -0.253. The summed E-state index contributed by atoms with van der Waals surface area (Å²) >= 11 is 0. The van der Waals surface area contributed by atoms with Gasteiger partial charge in [0.25, 0.3) is 0 Å². The summed E-state index contributed by atoms with van der Waals surface area (Å²) in [6.07, 6.45) is 8.08. The average molecular weight is 208 g/mol. The van der Waals surface area contributed by atoms with E-state index in [-0.39, 0.29) is 5.54 Å². The van der Waals surface area contributed by atoms with Crippen molar-refractivity contribution in [3.63, 3.8) is 0 Å². The Hall–Kier alpha value is -0.870. The van der Waals surface area contributed by atoms with Crippen LogP contribution < -0.4 is 5.73 Å². The van der Waals surface area contributed by atoms with Gasteiger partial charge >= 0.3 is 0 Å². The Morgan fingerprint density at radius 1 is 1.60 bits per heavy atom. The standard InChI is InChI=1S/C11H20N4/c1-15(2)9-4-3-5-11(12,8-9)10-13-6-7-14-10/h6-7,9H,3-5,8,12H2,1-2H3,(H,13,14)/t9-,11+/m1/s1. The fourth-order valence-corrected chi connectivity index (χ4v) is 2.47. The van der Waals surface area contributed by atoms with Crippen LogP contribution in [0.25, 0.3) is 0 Å². The van der Waals surface area contributed by atoms with Crippen LogP contribution in [0, 0.1) is 0 Å². The summed E-state index contributed by atoms with van der Waals surface area (Å²) in [5.74, 6) is 0.939. The van der Waals surface area contributed by atoms with Crippen molar-refractivity contribution in [3.8, 4) is 0 Å². The summed E-state index contributed by atoms with van der Waals surface area (Å²) in [4.78, 5) is 9.73. The molecule has 1 aliphatic rings. The molecule has 1 aromatic rings. The molecule has 1 fully saturated rings. The highest BCUT2D eigenvalue weighted by atomic mass is 15.1. The first-order chi connectivity index (χ1) is 7.12. The Balaban J connectivity index is 2.15. The SMILES string of the molecule is CN(C)[C@@H]1CCC[C@@](N)(c2ncc[nH]2)C1. The highest BCUT2D eigenvalue weighted by Gasteiger charge is 2.36. The molecule has 15 heavy (non-hydrogen) atoms. The van der Waals surface area contributed by atoms with Gasteiger partial charge in [0.15, 0.2) is 0 Å². The number of imidazole rings is 1. The van der Waals surface area contributed by atoms with Crippen molar-refractivity contribution in [2.45, 2.75) is 37.3 Å². The molecule has 4 heteroatoms. The lowest BCUT2D eigenvalue weighted by atomic mass is 9.79. The second-order valence-electron chi connectivity index (χ2n) is 4.81. The van der Waals surface area contributed by atoms with Crippen LogP contribution in [0.5, 0.6) is 0 Å². The zero-order chi connectivity index (χ0) is 10.9. The predicted molar refractivity (Wildman–Crippen MR) is 60.4 cm³/mol. The monoisotopic (exact) mass is 208 g/mol. The molecule has 1 aromatic heterocycles. The van der Waals surface area contributed by atoms with Crippen LogP contribution in [0.4, 0.5) is 0 Å². The predicted octanol–water partition coefficient (Wildman–Crippen LogP) is 1.07. The number of aromatic nitrogens is 2. The highest BCUT2D eigenvalue weighted by Crippen LogP contribution is 2.34. The Morgan fingerprint density at radius 3 is 3.00 bits per heavy atom. The third-order valence-corrected chi connectivity index (χ3v) is 3.46. The van der Waals surface area contributed by atoms with Gasteiger partial charge in [0, 0.05) is 18.4 Å². The summed E-state index contributed by atoms with van der Waals surface area (Å²) < 4.78 is 0. The summed E-state index contributed by atoms with van der Waals surface area (Å²) in [5, 5.41) is 0. The molecule has 0 saturated heterocycles. The van der Waals surface area contributed by atoms with E-state index in [0.717, 1.165) is 18.7 Å². The first kappa shape index (κ1) is 10.6. The van der Waals surface area contributed by atoms with Crippen molar-refractivity contribution in [2.75, 3.05) is 14.1 Å². The lowest BCUT2D eigenvalue weighted by Gasteiger charge is -2.39. The second-order valence-corrected chi connectivity index (χ2v) is 4.81. The van der Waals surface area contributed by atoms with Crippen LogP contribution in [0.2, 0.25) is 0 Å². The smallest absolute Gasteiger partial charge is 0.126 e. The van der Waals surface area contributed by atoms with Crippen molar-refractivity contribution >= 4 is 0 Å². The fraction of sp³-hybridized carbons (Fsp3) is 0.727. The van der Waals surface area contributed by atoms with E-state index in [1.54, 1.807) is 6.20 Å². The molecule has 84 valence electrons. The van der Waals surface area contributed by atoms with Crippen LogP contribution in [0.15, 0.2) is 12.4 Å². The topological polar surface area (TPSA) is 57.9 Å². The maximum atomic E-state index is 6.43. The normalized spacial score (nSPS) is 32.1. The fourth-order valence-electron chi connectivity index (χ4n) is 2.47. The van der Waals surface area contributed by atoms with Crippen LogP contribution in [-0.2, 0) is 5.54 Å². The van der Waals surface area contributed by atoms with Gasteiger partial charge in [0.2, 0.25) is 0 Å². The van der Waals surface area contributed by atoms with Gasteiger partial charge in [-0.05, 0) is 39.8 Å². The summed E-state index contributed by atoms with van der Waals surface area (Å²) in [6, 6.07) is 0.578. The largest absolute Gasteiger partial charge is 0.347 e. The molecule has 1 saturated carbocycles. The van der Waals surface area contributed by atoms with E-state index in [0.29, 0.717) is 6.04 Å². The zero-order valence-corrected chi connectivity index (χ0v) is 9.53. The molecule has 0 unspecified atom stereocenters. The minimum Gasteiger partial charge on any atom is -0.347 e. The van der Waals surface area contributed by atoms with Crippen LogP contribution in [-0.4, -0.2) is 35.0 Å². The van der Waals surface area contributed by atoms with E-state index in [9.17, 15) is 0 Å². The lowest BCUT2D eigenvalue weighted by Crippen LogP contribution is -2.47. The van der Waals surface area contributed by atoms with Crippen LogP contribution in [0.1, 0.15) is 31.5 Å². The number of hydrogen-bond donors (Lipinski definition) is 2. The number of nitrogens with one attached hydrogen (secondary N) is 1. The van der Waals surface area contributed by atoms with Gasteiger partial charge in [-0.25, -0.2) is 4.98 Å². The van der Waals surface area contributed by atoms with Crippen molar-refractivity contribution in [1.82, 2.24) is 14.9 Å². The molecule has 2 atom stereocenters. The summed E-state index contributed by atoms with van der Waals surface area (Å²) in [6.45, 7) is 0. The molecule has 1 aliphatic carbocycles. The number of nitrogens with zero attached hydrogens (tertiary/aromatic N) is 2. The van der Waals surface area contributed by atoms with Gasteiger partial charge in [0.05, 0.1) is 5.54 Å². The van der Waals surface area contributed by atoms with Gasteiger partial charge in [0.1, 0.15) is 5.82 Å². The molecule has 0 aliphatic heterocycles. The van der Waals surface area contributed by atoms with E-state index >= 15 is 0 Å². The maximum absolute atomic E-state index is 6.43. The van der Waals surface area contributed by atoms with E-state index in [2.05, 4.69) is 29.0 Å². The lowest BCUT2D eigenvalue weighted by molar-refractivity contribution is 0.157. The Kier molecular flexibility index (Phi) is 2.80. The van der Waals surface area contributed by atoms with E-state index in [4.69, 9.17) is 5.73 Å². The van der Waals surface area contributed by atoms with Crippen molar-refractivity contribution in [2.24, 2.45) is 5.73 Å². The van der Waals surface area contributed by atoms with Gasteiger partial charge in [-0.2, -0.15) is 0 Å². The van der Waals surface area contributed by atoms with Gasteiger partial charge in [-0.15, -0.1) is 0 Å². The third-order valence-electron chi connectivity index (χ3n) is 3.46. The number of aromatic amines is 1. The van der Waals surface area contributed by atoms with Crippen LogP contribution in [0.3, 0.4) is 0 Å². The van der Waals surface area contributed by atoms with Gasteiger partial charge < -0.3 is 15.6 Å². The minimum absolute atomic E-state index is 0.253. The molecule has 0 aromatic carbocycles. The van der Waals surface area contributed by atoms with E-state index < -0.39 is 0 Å². The average Bonchev–Trinajstić information content (AvgIpc) is 2.71. The van der Waals surface area contributed by atoms with E-state index in [1.807, 2.05) is 6.20 Å². The molecular formula is C11H20N4. The molecule has 3 N–H and O–H groups in total. The van der Waals surface area contributed by atoms with Crippen molar-refractivity contribution in [3.05, 3.63) is 18.2 Å². The molecule has 0 spiro atoms. The zero-order valence-electron chi connectivity index (χ0n) is 9.53. The molecule has 4 nitrogen and oxygen atoms in total. The molecular weight excluding hydrogens is 188 g/mol. The molecule has 0 bridgehead atoms. The Morgan fingerprint density at radius 2 is 2.40 bits per heavy atom. The number of H-pyrrole nitrogens is 1. The molecule has 1 heterocycles. The third kappa shape index (κ3) is 2.06. The maximum Gasteiger partial charge on any atom is 0.126 e. The van der Waals surface area contributed by atoms with Gasteiger partial charge in [-0.1, -0.05) is 0 Å². The second kappa shape index (κ2) is 3.94. The Bertz CT molecular complexity index is 306. The molecule has 0 amide bonds. The van der Waals surface area contributed by atoms with E-state index in [1.165, 1.54) is 12.8 Å². The molecule has 2 rings (SSSR count). The summed E-state index contributed by atoms with van der Waals surface area (Å²) in [7, 11) is 4.25. The van der Waals surface area contributed by atoms with Gasteiger partial charge in [-0.3, -0.25) is 0 Å².